The number of hydrogen-bond donors (Lipinski definition) is 0. The zero-order chi connectivity index (χ0) is 17.8. The molecule has 4 nitrogen and oxygen atoms in total. The summed E-state index contributed by atoms with van der Waals surface area (Å²) in [7, 11) is 1.70. The SMILES string of the molecule is COc1ccc(C)cc1N1CCN(C(=O)Cc2cccc(C)c2)CC1. The molecule has 0 atom stereocenters. The van der Waals surface area contributed by atoms with Gasteiger partial charge in [-0.1, -0.05) is 35.9 Å². The summed E-state index contributed by atoms with van der Waals surface area (Å²) in [5, 5.41) is 0. The molecule has 0 bridgehead atoms. The number of benzene rings is 2. The summed E-state index contributed by atoms with van der Waals surface area (Å²) in [6.45, 7) is 7.31. The summed E-state index contributed by atoms with van der Waals surface area (Å²) in [5.74, 6) is 1.10. The van der Waals surface area contributed by atoms with Gasteiger partial charge in [0.25, 0.3) is 0 Å². The molecule has 0 radical (unpaired) electrons. The molecule has 0 unspecified atom stereocenters. The standard InChI is InChI=1S/C21H26N2O2/c1-16-5-4-6-18(13-16)15-21(24)23-11-9-22(10-12-23)19-14-17(2)7-8-20(19)25-3/h4-8,13-14H,9-12,15H2,1-3H3. The van der Waals surface area contributed by atoms with Crippen molar-refractivity contribution < 1.29 is 9.53 Å². The first-order valence-corrected chi connectivity index (χ1v) is 8.80. The molecular weight excluding hydrogens is 312 g/mol. The zero-order valence-corrected chi connectivity index (χ0v) is 15.3. The van der Waals surface area contributed by atoms with Crippen LogP contribution in [0.5, 0.6) is 5.75 Å². The summed E-state index contributed by atoms with van der Waals surface area (Å²) in [4.78, 5) is 16.9. The smallest absolute Gasteiger partial charge is 0.227 e. The van der Waals surface area contributed by atoms with Crippen LogP contribution >= 0.6 is 0 Å². The number of amides is 1. The van der Waals surface area contributed by atoms with E-state index in [1.54, 1.807) is 7.11 Å². The second kappa shape index (κ2) is 7.60. The highest BCUT2D eigenvalue weighted by Crippen LogP contribution is 2.30. The molecular formula is C21H26N2O2. The van der Waals surface area contributed by atoms with Gasteiger partial charge in [0.15, 0.2) is 0 Å². The van der Waals surface area contributed by atoms with Crippen molar-refractivity contribution >= 4 is 11.6 Å². The van der Waals surface area contributed by atoms with Crippen molar-refractivity contribution in [2.75, 3.05) is 38.2 Å². The van der Waals surface area contributed by atoms with Gasteiger partial charge in [0.1, 0.15) is 5.75 Å². The van der Waals surface area contributed by atoms with E-state index >= 15 is 0 Å². The Bertz CT molecular complexity index is 749. The topological polar surface area (TPSA) is 32.8 Å². The summed E-state index contributed by atoms with van der Waals surface area (Å²) in [5.41, 5.74) is 4.62. The average Bonchev–Trinajstić information content (AvgIpc) is 2.62. The average molecular weight is 338 g/mol. The number of rotatable bonds is 4. The zero-order valence-electron chi connectivity index (χ0n) is 15.3. The van der Waals surface area contributed by atoms with Gasteiger partial charge in [-0.25, -0.2) is 0 Å². The number of carbonyl (C=O) groups is 1. The summed E-state index contributed by atoms with van der Waals surface area (Å²) in [6, 6.07) is 14.4. The van der Waals surface area contributed by atoms with Crippen molar-refractivity contribution in [3.63, 3.8) is 0 Å². The quantitative estimate of drug-likeness (QED) is 0.858. The molecule has 3 rings (SSSR count). The fourth-order valence-corrected chi connectivity index (χ4v) is 3.35. The Morgan fingerprint density at radius 1 is 1.00 bits per heavy atom. The molecule has 25 heavy (non-hydrogen) atoms. The third-order valence-electron chi connectivity index (χ3n) is 4.75. The monoisotopic (exact) mass is 338 g/mol. The van der Waals surface area contributed by atoms with Gasteiger partial charge in [-0.2, -0.15) is 0 Å². The molecule has 0 saturated carbocycles. The summed E-state index contributed by atoms with van der Waals surface area (Å²) < 4.78 is 5.50. The van der Waals surface area contributed by atoms with Crippen LogP contribution in [0.2, 0.25) is 0 Å². The number of anilines is 1. The van der Waals surface area contributed by atoms with Gasteiger partial charge in [-0.3, -0.25) is 4.79 Å². The van der Waals surface area contributed by atoms with E-state index in [9.17, 15) is 4.79 Å². The Kier molecular flexibility index (Phi) is 5.27. The highest BCUT2D eigenvalue weighted by molar-refractivity contribution is 5.79. The first-order chi connectivity index (χ1) is 12.1. The van der Waals surface area contributed by atoms with E-state index in [2.05, 4.69) is 43.0 Å². The molecule has 2 aromatic carbocycles. The summed E-state index contributed by atoms with van der Waals surface area (Å²) in [6.07, 6.45) is 0.482. The normalized spacial score (nSPS) is 14.5. The molecule has 0 aromatic heterocycles. The van der Waals surface area contributed by atoms with Crippen molar-refractivity contribution in [2.45, 2.75) is 20.3 Å². The number of piperazine rings is 1. The molecule has 0 N–H and O–H groups in total. The van der Waals surface area contributed by atoms with Crippen LogP contribution in [0.15, 0.2) is 42.5 Å². The Morgan fingerprint density at radius 2 is 1.72 bits per heavy atom. The number of nitrogens with zero attached hydrogens (tertiary/aromatic N) is 2. The largest absolute Gasteiger partial charge is 0.495 e. The maximum Gasteiger partial charge on any atom is 0.227 e. The van der Waals surface area contributed by atoms with Crippen LogP contribution in [-0.4, -0.2) is 44.1 Å². The minimum Gasteiger partial charge on any atom is -0.495 e. The number of methoxy groups -OCH3 is 1. The van der Waals surface area contributed by atoms with Gasteiger partial charge in [0.05, 0.1) is 19.2 Å². The fourth-order valence-electron chi connectivity index (χ4n) is 3.35. The predicted molar refractivity (Wildman–Crippen MR) is 101 cm³/mol. The third-order valence-corrected chi connectivity index (χ3v) is 4.75. The molecule has 132 valence electrons. The predicted octanol–water partition coefficient (Wildman–Crippen LogP) is 3.20. The van der Waals surface area contributed by atoms with Gasteiger partial charge in [-0.05, 0) is 37.1 Å². The molecule has 2 aromatic rings. The molecule has 1 heterocycles. The van der Waals surface area contributed by atoms with E-state index in [0.717, 1.165) is 43.2 Å². The molecule has 0 spiro atoms. The van der Waals surface area contributed by atoms with Crippen LogP contribution in [0.1, 0.15) is 16.7 Å². The summed E-state index contributed by atoms with van der Waals surface area (Å²) >= 11 is 0. The first-order valence-electron chi connectivity index (χ1n) is 8.80. The maximum absolute atomic E-state index is 12.6. The fraction of sp³-hybridized carbons (Fsp3) is 0.381. The minimum absolute atomic E-state index is 0.210. The molecule has 1 aliphatic heterocycles. The van der Waals surface area contributed by atoms with Gasteiger partial charge in [0, 0.05) is 26.2 Å². The number of ether oxygens (including phenoxy) is 1. The van der Waals surface area contributed by atoms with E-state index in [-0.39, 0.29) is 5.91 Å². The number of aryl methyl sites for hydroxylation is 2. The van der Waals surface area contributed by atoms with E-state index in [1.807, 2.05) is 23.1 Å². The van der Waals surface area contributed by atoms with Crippen molar-refractivity contribution in [3.8, 4) is 5.75 Å². The van der Waals surface area contributed by atoms with E-state index in [1.165, 1.54) is 11.1 Å². The van der Waals surface area contributed by atoms with Crippen molar-refractivity contribution in [2.24, 2.45) is 0 Å². The van der Waals surface area contributed by atoms with Gasteiger partial charge >= 0.3 is 0 Å². The molecule has 1 amide bonds. The van der Waals surface area contributed by atoms with Crippen LogP contribution in [0, 0.1) is 13.8 Å². The molecule has 1 aliphatic rings. The van der Waals surface area contributed by atoms with E-state index in [4.69, 9.17) is 4.74 Å². The van der Waals surface area contributed by atoms with Crippen LogP contribution in [-0.2, 0) is 11.2 Å². The van der Waals surface area contributed by atoms with Gasteiger partial charge in [0.2, 0.25) is 5.91 Å². The van der Waals surface area contributed by atoms with Crippen molar-refractivity contribution in [1.29, 1.82) is 0 Å². The highest BCUT2D eigenvalue weighted by atomic mass is 16.5. The minimum atomic E-state index is 0.210. The third kappa shape index (κ3) is 4.13. The highest BCUT2D eigenvalue weighted by Gasteiger charge is 2.23. The Morgan fingerprint density at radius 3 is 2.40 bits per heavy atom. The maximum atomic E-state index is 12.6. The van der Waals surface area contributed by atoms with Crippen molar-refractivity contribution in [1.82, 2.24) is 4.90 Å². The van der Waals surface area contributed by atoms with Crippen LogP contribution in [0.25, 0.3) is 0 Å². The number of hydrogen-bond acceptors (Lipinski definition) is 3. The lowest BCUT2D eigenvalue weighted by molar-refractivity contribution is -0.130. The first kappa shape index (κ1) is 17.3. The van der Waals surface area contributed by atoms with Gasteiger partial charge in [-0.15, -0.1) is 0 Å². The Balaban J connectivity index is 1.62. The second-order valence-electron chi connectivity index (χ2n) is 6.71. The van der Waals surface area contributed by atoms with E-state index in [0.29, 0.717) is 6.42 Å². The number of carbonyl (C=O) groups excluding carboxylic acids is 1. The van der Waals surface area contributed by atoms with Crippen LogP contribution < -0.4 is 9.64 Å². The Labute approximate surface area is 150 Å². The van der Waals surface area contributed by atoms with Crippen molar-refractivity contribution in [3.05, 3.63) is 59.2 Å². The lowest BCUT2D eigenvalue weighted by atomic mass is 10.1. The van der Waals surface area contributed by atoms with Crippen LogP contribution in [0.3, 0.4) is 0 Å². The molecule has 4 heteroatoms. The molecule has 1 fully saturated rings. The molecule has 0 aliphatic carbocycles. The second-order valence-corrected chi connectivity index (χ2v) is 6.71. The molecule has 1 saturated heterocycles. The van der Waals surface area contributed by atoms with E-state index < -0.39 is 0 Å². The lowest BCUT2D eigenvalue weighted by Crippen LogP contribution is -2.49. The van der Waals surface area contributed by atoms with Crippen LogP contribution in [0.4, 0.5) is 5.69 Å². The van der Waals surface area contributed by atoms with Gasteiger partial charge < -0.3 is 14.5 Å². The Hall–Kier alpha value is -2.49. The lowest BCUT2D eigenvalue weighted by Gasteiger charge is -2.36.